The summed E-state index contributed by atoms with van der Waals surface area (Å²) < 4.78 is 37.6. The molecule has 0 aromatic rings. The van der Waals surface area contributed by atoms with Crippen molar-refractivity contribution >= 4 is 11.9 Å². The van der Waals surface area contributed by atoms with E-state index in [2.05, 4.69) is 0 Å². The van der Waals surface area contributed by atoms with Crippen LogP contribution in [0.25, 0.3) is 0 Å². The van der Waals surface area contributed by atoms with Crippen LogP contribution in [0.1, 0.15) is 32.1 Å². The molecule has 0 bridgehead atoms. The van der Waals surface area contributed by atoms with Crippen LogP contribution in [0.4, 0.5) is 13.2 Å². The molecule has 2 atom stereocenters. The van der Waals surface area contributed by atoms with Crippen molar-refractivity contribution in [3.05, 3.63) is 0 Å². The van der Waals surface area contributed by atoms with E-state index in [1.807, 2.05) is 0 Å². The van der Waals surface area contributed by atoms with Crippen LogP contribution in [-0.4, -0.2) is 41.1 Å². The highest BCUT2D eigenvalue weighted by Crippen LogP contribution is 2.36. The van der Waals surface area contributed by atoms with E-state index >= 15 is 0 Å². The standard InChI is InChI=1S/C13H18F3NO3/c14-13(15,16)10-3-5-17(6-4-10)11(18)8-1-2-9(7-8)12(19)20/h8-10H,1-7H2,(H,19,20)/t8-,9+/m1/s1. The molecule has 20 heavy (non-hydrogen) atoms. The lowest BCUT2D eigenvalue weighted by molar-refractivity contribution is -0.187. The number of hydrogen-bond donors (Lipinski definition) is 1. The van der Waals surface area contributed by atoms with Crippen LogP contribution in [0.15, 0.2) is 0 Å². The lowest BCUT2D eigenvalue weighted by Gasteiger charge is -2.34. The molecule has 0 aromatic carbocycles. The summed E-state index contributed by atoms with van der Waals surface area (Å²) >= 11 is 0. The quantitative estimate of drug-likeness (QED) is 0.850. The number of carbonyl (C=O) groups is 2. The van der Waals surface area contributed by atoms with Gasteiger partial charge >= 0.3 is 12.1 Å². The number of carboxylic acid groups (broad SMARTS) is 1. The van der Waals surface area contributed by atoms with E-state index in [1.165, 1.54) is 4.90 Å². The van der Waals surface area contributed by atoms with Crippen LogP contribution in [0, 0.1) is 17.8 Å². The lowest BCUT2D eigenvalue weighted by Crippen LogP contribution is -2.44. The second kappa shape index (κ2) is 5.61. The maximum Gasteiger partial charge on any atom is 0.391 e. The maximum atomic E-state index is 12.5. The highest BCUT2D eigenvalue weighted by molar-refractivity contribution is 5.81. The maximum absolute atomic E-state index is 12.5. The van der Waals surface area contributed by atoms with E-state index in [1.54, 1.807) is 0 Å². The monoisotopic (exact) mass is 293 g/mol. The van der Waals surface area contributed by atoms with Gasteiger partial charge in [-0.1, -0.05) is 0 Å². The summed E-state index contributed by atoms with van der Waals surface area (Å²) in [6, 6.07) is 0. The third-order valence-corrected chi connectivity index (χ3v) is 4.40. The number of carboxylic acids is 1. The zero-order valence-electron chi connectivity index (χ0n) is 11.0. The van der Waals surface area contributed by atoms with Gasteiger partial charge in [0, 0.05) is 19.0 Å². The molecule has 1 saturated heterocycles. The van der Waals surface area contributed by atoms with E-state index in [9.17, 15) is 22.8 Å². The molecule has 1 aliphatic carbocycles. The zero-order valence-corrected chi connectivity index (χ0v) is 11.0. The molecule has 4 nitrogen and oxygen atoms in total. The van der Waals surface area contributed by atoms with Crippen molar-refractivity contribution in [2.45, 2.75) is 38.3 Å². The first-order valence-electron chi connectivity index (χ1n) is 6.87. The van der Waals surface area contributed by atoms with E-state index in [0.29, 0.717) is 19.3 Å². The smallest absolute Gasteiger partial charge is 0.391 e. The number of aliphatic carboxylic acids is 1. The molecule has 0 aromatic heterocycles. The first-order valence-corrected chi connectivity index (χ1v) is 6.87. The largest absolute Gasteiger partial charge is 0.481 e. The Morgan fingerprint density at radius 1 is 1.00 bits per heavy atom. The van der Waals surface area contributed by atoms with Crippen LogP contribution < -0.4 is 0 Å². The third-order valence-electron chi connectivity index (χ3n) is 4.40. The van der Waals surface area contributed by atoms with Crippen LogP contribution >= 0.6 is 0 Å². The number of likely N-dealkylation sites (tertiary alicyclic amines) is 1. The molecule has 7 heteroatoms. The van der Waals surface area contributed by atoms with Gasteiger partial charge in [0.25, 0.3) is 0 Å². The number of nitrogens with zero attached hydrogens (tertiary/aromatic N) is 1. The molecule has 2 fully saturated rings. The summed E-state index contributed by atoms with van der Waals surface area (Å²) in [5.74, 6) is -3.21. The molecule has 1 aliphatic heterocycles. The molecule has 2 rings (SSSR count). The van der Waals surface area contributed by atoms with Gasteiger partial charge in [-0.2, -0.15) is 13.2 Å². The molecule has 1 amide bonds. The Balaban J connectivity index is 1.85. The Bertz CT molecular complexity index is 389. The van der Waals surface area contributed by atoms with Crippen LogP contribution in [-0.2, 0) is 9.59 Å². The van der Waals surface area contributed by atoms with Gasteiger partial charge in [-0.15, -0.1) is 0 Å². The van der Waals surface area contributed by atoms with E-state index in [-0.39, 0.29) is 37.8 Å². The normalized spacial score (nSPS) is 28.6. The number of hydrogen-bond acceptors (Lipinski definition) is 2. The molecule has 0 radical (unpaired) electrons. The second-order valence-electron chi connectivity index (χ2n) is 5.69. The second-order valence-corrected chi connectivity index (χ2v) is 5.69. The molecule has 1 N–H and O–H groups in total. The first-order chi connectivity index (χ1) is 9.29. The van der Waals surface area contributed by atoms with Crippen molar-refractivity contribution < 1.29 is 27.9 Å². The van der Waals surface area contributed by atoms with Gasteiger partial charge in [-0.05, 0) is 32.1 Å². The Hall–Kier alpha value is -1.27. The van der Waals surface area contributed by atoms with Crippen molar-refractivity contribution in [2.24, 2.45) is 17.8 Å². The fraction of sp³-hybridized carbons (Fsp3) is 0.846. The van der Waals surface area contributed by atoms with Gasteiger partial charge in [-0.25, -0.2) is 0 Å². The molecule has 2 aliphatic rings. The molecule has 1 saturated carbocycles. The number of carbonyl (C=O) groups excluding carboxylic acids is 1. The number of piperidine rings is 1. The zero-order chi connectivity index (χ0) is 14.9. The predicted molar refractivity (Wildman–Crippen MR) is 63.8 cm³/mol. The average molecular weight is 293 g/mol. The van der Waals surface area contributed by atoms with Crippen molar-refractivity contribution in [1.29, 1.82) is 0 Å². The topological polar surface area (TPSA) is 57.6 Å². The van der Waals surface area contributed by atoms with Gasteiger partial charge in [0.05, 0.1) is 11.8 Å². The summed E-state index contributed by atoms with van der Waals surface area (Å²) in [5.41, 5.74) is 0. The van der Waals surface area contributed by atoms with Gasteiger partial charge < -0.3 is 10.0 Å². The molecule has 0 unspecified atom stereocenters. The Labute approximate surface area is 114 Å². The van der Waals surface area contributed by atoms with E-state index in [0.717, 1.165) is 0 Å². The van der Waals surface area contributed by atoms with E-state index < -0.39 is 24.0 Å². The minimum Gasteiger partial charge on any atom is -0.481 e. The highest BCUT2D eigenvalue weighted by atomic mass is 19.4. The first kappa shape index (κ1) is 15.1. The fourth-order valence-corrected chi connectivity index (χ4v) is 3.12. The average Bonchev–Trinajstić information content (AvgIpc) is 2.86. The van der Waals surface area contributed by atoms with Crippen LogP contribution in [0.2, 0.25) is 0 Å². The van der Waals surface area contributed by atoms with Gasteiger partial charge in [0.15, 0.2) is 0 Å². The number of amides is 1. The van der Waals surface area contributed by atoms with Gasteiger partial charge in [0.2, 0.25) is 5.91 Å². The van der Waals surface area contributed by atoms with Crippen molar-refractivity contribution in [3.63, 3.8) is 0 Å². The van der Waals surface area contributed by atoms with Crippen LogP contribution in [0.3, 0.4) is 0 Å². The Kier molecular flexibility index (Phi) is 4.25. The van der Waals surface area contributed by atoms with E-state index in [4.69, 9.17) is 5.11 Å². The minimum atomic E-state index is -4.18. The number of rotatable bonds is 2. The molecular weight excluding hydrogens is 275 g/mol. The molecular formula is C13H18F3NO3. The summed E-state index contributed by atoms with van der Waals surface area (Å²) in [6.45, 7) is 0.245. The Morgan fingerprint density at radius 2 is 1.55 bits per heavy atom. The molecule has 1 heterocycles. The SMILES string of the molecule is O=C(O)[C@H]1CC[C@@H](C(=O)N2CCC(C(F)(F)F)CC2)C1. The third kappa shape index (κ3) is 3.24. The Morgan fingerprint density at radius 3 is 2.00 bits per heavy atom. The van der Waals surface area contributed by atoms with Crippen molar-refractivity contribution in [2.75, 3.05) is 13.1 Å². The minimum absolute atomic E-state index is 0.0513. The predicted octanol–water partition coefficient (Wildman–Crippen LogP) is 2.29. The van der Waals surface area contributed by atoms with Gasteiger partial charge in [0.1, 0.15) is 0 Å². The van der Waals surface area contributed by atoms with Gasteiger partial charge in [-0.3, -0.25) is 9.59 Å². The summed E-state index contributed by atoms with van der Waals surface area (Å²) in [6.07, 6.45) is -2.97. The van der Waals surface area contributed by atoms with Crippen LogP contribution in [0.5, 0.6) is 0 Å². The van der Waals surface area contributed by atoms with Crippen molar-refractivity contribution in [1.82, 2.24) is 4.90 Å². The van der Waals surface area contributed by atoms with Crippen molar-refractivity contribution in [3.8, 4) is 0 Å². The molecule has 0 spiro atoms. The highest BCUT2D eigenvalue weighted by Gasteiger charge is 2.43. The fourth-order valence-electron chi connectivity index (χ4n) is 3.12. The summed E-state index contributed by atoms with van der Waals surface area (Å²) in [5, 5.41) is 8.90. The summed E-state index contributed by atoms with van der Waals surface area (Å²) in [4.78, 5) is 24.5. The lowest BCUT2D eigenvalue weighted by atomic mass is 9.94. The molecule has 114 valence electrons. The number of alkyl halides is 3. The number of halogens is 3. The summed E-state index contributed by atoms with van der Waals surface area (Å²) in [7, 11) is 0.